The normalized spacial score (nSPS) is 10.3. The zero-order valence-electron chi connectivity index (χ0n) is 11.4. The summed E-state index contributed by atoms with van der Waals surface area (Å²) in [5.74, 6) is 2.04. The van der Waals surface area contributed by atoms with Crippen LogP contribution in [-0.4, -0.2) is 30.1 Å². The fourth-order valence-electron chi connectivity index (χ4n) is 1.96. The van der Waals surface area contributed by atoms with E-state index in [9.17, 15) is 4.79 Å². The number of aldehydes is 1. The van der Waals surface area contributed by atoms with Gasteiger partial charge in [-0.2, -0.15) is 0 Å². The Hall–Kier alpha value is -2.30. The average Bonchev–Trinajstić information content (AvgIpc) is 2.73. The van der Waals surface area contributed by atoms with E-state index in [1.165, 1.54) is 0 Å². The van der Waals surface area contributed by atoms with Crippen LogP contribution in [0.1, 0.15) is 16.3 Å². The summed E-state index contributed by atoms with van der Waals surface area (Å²) in [6, 6.07) is 5.47. The van der Waals surface area contributed by atoms with Gasteiger partial charge in [0.1, 0.15) is 11.5 Å². The molecular formula is C14H16N2O3. The Labute approximate surface area is 111 Å². The summed E-state index contributed by atoms with van der Waals surface area (Å²) in [4.78, 5) is 15.6. The maximum Gasteiger partial charge on any atom is 0.168 e. The number of aryl methyl sites for hydroxylation is 1. The Balaban J connectivity index is 2.59. The molecule has 0 fully saturated rings. The first-order valence-corrected chi connectivity index (χ1v) is 5.83. The molecule has 5 nitrogen and oxygen atoms in total. The predicted octanol–water partition coefficient (Wildman–Crippen LogP) is 2.23. The lowest BCUT2D eigenvalue weighted by Crippen LogP contribution is -1.97. The van der Waals surface area contributed by atoms with E-state index in [-0.39, 0.29) is 0 Å². The van der Waals surface area contributed by atoms with E-state index in [0.29, 0.717) is 22.9 Å². The monoisotopic (exact) mass is 260 g/mol. The zero-order chi connectivity index (χ0) is 14.0. The third-order valence-corrected chi connectivity index (χ3v) is 3.13. The van der Waals surface area contributed by atoms with Crippen molar-refractivity contribution < 1.29 is 14.3 Å². The number of methoxy groups -OCH3 is 2. The van der Waals surface area contributed by atoms with E-state index in [1.807, 2.05) is 26.1 Å². The van der Waals surface area contributed by atoms with E-state index in [4.69, 9.17) is 9.47 Å². The lowest BCUT2D eigenvalue weighted by atomic mass is 10.1. The van der Waals surface area contributed by atoms with Crippen LogP contribution in [0.5, 0.6) is 11.5 Å². The smallest absolute Gasteiger partial charge is 0.168 e. The molecular weight excluding hydrogens is 244 g/mol. The van der Waals surface area contributed by atoms with Crippen molar-refractivity contribution in [2.45, 2.75) is 6.92 Å². The summed E-state index contributed by atoms with van der Waals surface area (Å²) in [7, 11) is 4.97. The first kappa shape index (κ1) is 13.1. The molecule has 0 atom stereocenters. The van der Waals surface area contributed by atoms with Crippen molar-refractivity contribution in [2.24, 2.45) is 7.05 Å². The van der Waals surface area contributed by atoms with E-state index in [2.05, 4.69) is 4.98 Å². The molecule has 2 rings (SSSR count). The highest BCUT2D eigenvalue weighted by Crippen LogP contribution is 2.32. The van der Waals surface area contributed by atoms with Crippen molar-refractivity contribution in [2.75, 3.05) is 14.2 Å². The van der Waals surface area contributed by atoms with Crippen LogP contribution in [0.15, 0.2) is 18.2 Å². The fourth-order valence-corrected chi connectivity index (χ4v) is 1.96. The number of ether oxygens (including phenoxy) is 2. The van der Waals surface area contributed by atoms with Gasteiger partial charge in [0.05, 0.1) is 19.9 Å². The molecule has 0 saturated heterocycles. The number of hydrogen-bond acceptors (Lipinski definition) is 4. The molecule has 5 heteroatoms. The highest BCUT2D eigenvalue weighted by molar-refractivity contribution is 5.84. The predicted molar refractivity (Wildman–Crippen MR) is 71.9 cm³/mol. The maximum absolute atomic E-state index is 11.2. The van der Waals surface area contributed by atoms with Crippen LogP contribution in [0.4, 0.5) is 0 Å². The highest BCUT2D eigenvalue weighted by atomic mass is 16.5. The molecule has 0 amide bonds. The van der Waals surface area contributed by atoms with Gasteiger partial charge in [-0.15, -0.1) is 0 Å². The Morgan fingerprint density at radius 3 is 2.47 bits per heavy atom. The minimum atomic E-state index is 0.546. The second-order valence-electron chi connectivity index (χ2n) is 4.14. The zero-order valence-corrected chi connectivity index (χ0v) is 11.4. The van der Waals surface area contributed by atoms with Gasteiger partial charge >= 0.3 is 0 Å². The molecule has 0 unspecified atom stereocenters. The van der Waals surface area contributed by atoms with Crippen molar-refractivity contribution in [3.63, 3.8) is 0 Å². The molecule has 0 aliphatic carbocycles. The second-order valence-corrected chi connectivity index (χ2v) is 4.14. The summed E-state index contributed by atoms with van der Waals surface area (Å²) >= 11 is 0. The molecule has 0 aliphatic heterocycles. The van der Waals surface area contributed by atoms with Gasteiger partial charge in [0.2, 0.25) is 0 Å². The molecule has 0 aliphatic rings. The molecule has 2 aromatic rings. The van der Waals surface area contributed by atoms with Gasteiger partial charge in [-0.05, 0) is 25.1 Å². The van der Waals surface area contributed by atoms with E-state index >= 15 is 0 Å². The lowest BCUT2D eigenvalue weighted by Gasteiger charge is -2.08. The van der Waals surface area contributed by atoms with E-state index < -0.39 is 0 Å². The quantitative estimate of drug-likeness (QED) is 0.791. The molecule has 0 N–H and O–H groups in total. The standard InChI is InChI=1S/C14H16N2O3/c1-9-15-14(11(8-17)16(9)2)10-5-6-12(18-3)13(7-10)19-4/h5-8H,1-4H3. The second kappa shape index (κ2) is 5.14. The summed E-state index contributed by atoms with van der Waals surface area (Å²) in [6.45, 7) is 1.86. The number of hydrogen-bond donors (Lipinski definition) is 0. The SMILES string of the molecule is COc1ccc(-c2nc(C)n(C)c2C=O)cc1OC. The van der Waals surface area contributed by atoms with Gasteiger partial charge in [-0.1, -0.05) is 0 Å². The largest absolute Gasteiger partial charge is 0.493 e. The van der Waals surface area contributed by atoms with Crippen LogP contribution in [0.25, 0.3) is 11.3 Å². The van der Waals surface area contributed by atoms with Gasteiger partial charge in [0, 0.05) is 12.6 Å². The van der Waals surface area contributed by atoms with Crippen LogP contribution in [0.2, 0.25) is 0 Å². The molecule has 0 spiro atoms. The fraction of sp³-hybridized carbons (Fsp3) is 0.286. The van der Waals surface area contributed by atoms with Crippen molar-refractivity contribution in [1.82, 2.24) is 9.55 Å². The number of nitrogens with zero attached hydrogens (tertiary/aromatic N) is 2. The van der Waals surface area contributed by atoms with Gasteiger partial charge in [-0.25, -0.2) is 4.98 Å². The Bertz CT molecular complexity index is 617. The number of benzene rings is 1. The molecule has 0 radical (unpaired) electrons. The van der Waals surface area contributed by atoms with Crippen molar-refractivity contribution in [1.29, 1.82) is 0 Å². The van der Waals surface area contributed by atoms with Gasteiger partial charge < -0.3 is 14.0 Å². The summed E-state index contributed by atoms with van der Waals surface area (Å²) in [5, 5.41) is 0. The van der Waals surface area contributed by atoms with Gasteiger partial charge in [0.15, 0.2) is 17.8 Å². The third kappa shape index (κ3) is 2.19. The number of aromatic nitrogens is 2. The van der Waals surface area contributed by atoms with Crippen LogP contribution in [-0.2, 0) is 7.05 Å². The van der Waals surface area contributed by atoms with E-state index in [1.54, 1.807) is 24.9 Å². The van der Waals surface area contributed by atoms with Crippen LogP contribution in [0, 0.1) is 6.92 Å². The topological polar surface area (TPSA) is 53.4 Å². The highest BCUT2D eigenvalue weighted by Gasteiger charge is 2.15. The number of carbonyl (C=O) groups excluding carboxylic acids is 1. The number of imidazole rings is 1. The molecule has 1 aromatic carbocycles. The molecule has 0 saturated carbocycles. The maximum atomic E-state index is 11.2. The van der Waals surface area contributed by atoms with E-state index in [0.717, 1.165) is 17.7 Å². The third-order valence-electron chi connectivity index (χ3n) is 3.13. The summed E-state index contributed by atoms with van der Waals surface area (Å²) in [6.07, 6.45) is 0.812. The molecule has 100 valence electrons. The average molecular weight is 260 g/mol. The van der Waals surface area contributed by atoms with Crippen LogP contribution in [0.3, 0.4) is 0 Å². The Morgan fingerprint density at radius 1 is 1.21 bits per heavy atom. The molecule has 1 heterocycles. The van der Waals surface area contributed by atoms with Gasteiger partial charge in [-0.3, -0.25) is 4.79 Å². The number of rotatable bonds is 4. The van der Waals surface area contributed by atoms with Crippen molar-refractivity contribution in [3.8, 4) is 22.8 Å². The number of carbonyl (C=O) groups is 1. The molecule has 0 bridgehead atoms. The Kier molecular flexibility index (Phi) is 3.55. The summed E-state index contributed by atoms with van der Waals surface area (Å²) in [5.41, 5.74) is 2.02. The summed E-state index contributed by atoms with van der Waals surface area (Å²) < 4.78 is 12.2. The lowest BCUT2D eigenvalue weighted by molar-refractivity contribution is 0.111. The first-order chi connectivity index (χ1) is 9.12. The molecule has 1 aromatic heterocycles. The van der Waals surface area contributed by atoms with Crippen molar-refractivity contribution >= 4 is 6.29 Å². The molecule has 19 heavy (non-hydrogen) atoms. The van der Waals surface area contributed by atoms with Gasteiger partial charge in [0.25, 0.3) is 0 Å². The van der Waals surface area contributed by atoms with Crippen LogP contribution < -0.4 is 9.47 Å². The minimum Gasteiger partial charge on any atom is -0.493 e. The first-order valence-electron chi connectivity index (χ1n) is 5.83. The minimum absolute atomic E-state index is 0.546. The Morgan fingerprint density at radius 2 is 1.89 bits per heavy atom. The van der Waals surface area contributed by atoms with Crippen molar-refractivity contribution in [3.05, 3.63) is 29.7 Å². The van der Waals surface area contributed by atoms with Crippen LogP contribution >= 0.6 is 0 Å².